The molecule has 1 saturated carbocycles. The second kappa shape index (κ2) is 11.4. The number of amides is 1. The molecule has 4 rings (SSSR count). The van der Waals surface area contributed by atoms with Crippen molar-refractivity contribution in [1.29, 1.82) is 0 Å². The molecule has 0 aromatic carbocycles. The highest BCUT2D eigenvalue weighted by Gasteiger charge is 2.23. The van der Waals surface area contributed by atoms with Crippen LogP contribution in [0.2, 0.25) is 0 Å². The second-order valence-corrected chi connectivity index (χ2v) is 8.88. The maximum absolute atomic E-state index is 12.6. The molecule has 0 spiro atoms. The summed E-state index contributed by atoms with van der Waals surface area (Å²) in [5.74, 6) is 2.27. The molecule has 0 unspecified atom stereocenters. The predicted molar refractivity (Wildman–Crippen MR) is 116 cm³/mol. The van der Waals surface area contributed by atoms with Gasteiger partial charge < -0.3 is 14.1 Å². The van der Waals surface area contributed by atoms with Crippen molar-refractivity contribution < 1.29 is 13.9 Å². The molecule has 1 amide bonds. The van der Waals surface area contributed by atoms with Crippen molar-refractivity contribution in [3.8, 4) is 0 Å². The van der Waals surface area contributed by atoms with Crippen molar-refractivity contribution in [2.75, 3.05) is 13.1 Å². The van der Waals surface area contributed by atoms with Crippen LogP contribution in [0.15, 0.2) is 28.9 Å². The van der Waals surface area contributed by atoms with Crippen molar-refractivity contribution >= 4 is 5.91 Å². The molecule has 1 aliphatic carbocycles. The summed E-state index contributed by atoms with van der Waals surface area (Å²) in [6, 6.07) is 3.94. The average molecular weight is 427 g/mol. The first-order valence-corrected chi connectivity index (χ1v) is 11.9. The maximum atomic E-state index is 12.6. The van der Waals surface area contributed by atoms with Crippen LogP contribution in [-0.4, -0.2) is 45.2 Å². The van der Waals surface area contributed by atoms with E-state index in [9.17, 15) is 4.79 Å². The minimum absolute atomic E-state index is 0.160. The van der Waals surface area contributed by atoms with E-state index in [1.54, 1.807) is 6.20 Å². The largest absolute Gasteiger partial charge is 0.425 e. The fourth-order valence-corrected chi connectivity index (χ4v) is 4.64. The lowest BCUT2D eigenvalue weighted by molar-refractivity contribution is -0.134. The first-order chi connectivity index (χ1) is 15.3. The smallest absolute Gasteiger partial charge is 0.223 e. The average Bonchev–Trinajstić information content (AvgIpc) is 3.29. The lowest BCUT2D eigenvalue weighted by Crippen LogP contribution is -2.40. The number of carbonyl (C=O) groups is 1. The van der Waals surface area contributed by atoms with E-state index in [-0.39, 0.29) is 12.0 Å². The van der Waals surface area contributed by atoms with Gasteiger partial charge in [0.2, 0.25) is 17.7 Å². The Balaban J connectivity index is 1.12. The van der Waals surface area contributed by atoms with Crippen LogP contribution in [0, 0.1) is 5.92 Å². The van der Waals surface area contributed by atoms with Crippen LogP contribution in [0.4, 0.5) is 0 Å². The number of nitrogens with zero attached hydrogens (tertiary/aromatic N) is 4. The third-order valence-electron chi connectivity index (χ3n) is 6.56. The lowest BCUT2D eigenvalue weighted by Gasteiger charge is -2.32. The second-order valence-electron chi connectivity index (χ2n) is 8.88. The topological polar surface area (TPSA) is 81.4 Å². The standard InChI is InChI=1S/C24H34N4O3/c29-24(28-15-12-21(13-16-28)30-18-20-7-4-14-25-17-20)11-10-23-27-26-22(31-23)9-8-19-5-2-1-3-6-19/h4,7,14,17,19,21H,1-3,5-6,8-13,15-16,18H2. The van der Waals surface area contributed by atoms with Crippen molar-refractivity contribution in [2.24, 2.45) is 5.92 Å². The molecule has 7 heteroatoms. The number of rotatable bonds is 9. The van der Waals surface area contributed by atoms with Crippen LogP contribution in [0.1, 0.15) is 75.1 Å². The molecular weight excluding hydrogens is 392 g/mol. The molecule has 1 saturated heterocycles. The quantitative estimate of drug-likeness (QED) is 0.600. The van der Waals surface area contributed by atoms with Gasteiger partial charge in [0.15, 0.2) is 0 Å². The highest BCUT2D eigenvalue weighted by molar-refractivity contribution is 5.76. The fourth-order valence-electron chi connectivity index (χ4n) is 4.64. The lowest BCUT2D eigenvalue weighted by atomic mass is 9.86. The number of ether oxygens (including phenoxy) is 1. The summed E-state index contributed by atoms with van der Waals surface area (Å²) in [5, 5.41) is 8.33. The van der Waals surface area contributed by atoms with Crippen LogP contribution < -0.4 is 0 Å². The number of piperidine rings is 1. The van der Waals surface area contributed by atoms with Gasteiger partial charge in [-0.3, -0.25) is 9.78 Å². The Morgan fingerprint density at radius 2 is 1.84 bits per heavy atom. The van der Waals surface area contributed by atoms with Crippen molar-refractivity contribution in [3.05, 3.63) is 41.9 Å². The summed E-state index contributed by atoms with van der Waals surface area (Å²) in [4.78, 5) is 18.6. The molecule has 0 atom stereocenters. The van der Waals surface area contributed by atoms with Crippen LogP contribution in [0.5, 0.6) is 0 Å². The van der Waals surface area contributed by atoms with E-state index in [1.165, 1.54) is 32.1 Å². The van der Waals surface area contributed by atoms with E-state index in [1.807, 2.05) is 23.2 Å². The highest BCUT2D eigenvalue weighted by atomic mass is 16.5. The van der Waals surface area contributed by atoms with Gasteiger partial charge in [-0.15, -0.1) is 10.2 Å². The van der Waals surface area contributed by atoms with Gasteiger partial charge in [0.05, 0.1) is 12.7 Å². The molecule has 2 fully saturated rings. The van der Waals surface area contributed by atoms with Crippen molar-refractivity contribution in [2.45, 2.75) is 83.3 Å². The molecule has 2 aromatic rings. The molecular formula is C24H34N4O3. The summed E-state index contributed by atoms with van der Waals surface area (Å²) < 4.78 is 11.8. The van der Waals surface area contributed by atoms with Gasteiger partial charge in [-0.2, -0.15) is 0 Å². The molecule has 0 radical (unpaired) electrons. The van der Waals surface area contributed by atoms with E-state index in [0.29, 0.717) is 25.3 Å². The number of carbonyl (C=O) groups excluding carboxylic acids is 1. The molecule has 0 N–H and O–H groups in total. The van der Waals surface area contributed by atoms with Gasteiger partial charge in [-0.05, 0) is 36.8 Å². The van der Waals surface area contributed by atoms with Gasteiger partial charge in [0.25, 0.3) is 0 Å². The zero-order valence-corrected chi connectivity index (χ0v) is 18.4. The third-order valence-corrected chi connectivity index (χ3v) is 6.56. The molecule has 3 heterocycles. The van der Waals surface area contributed by atoms with E-state index < -0.39 is 0 Å². The Hall–Kier alpha value is -2.28. The summed E-state index contributed by atoms with van der Waals surface area (Å²) in [6.45, 7) is 2.06. The molecule has 1 aliphatic heterocycles. The normalized spacial score (nSPS) is 18.4. The van der Waals surface area contributed by atoms with Gasteiger partial charge >= 0.3 is 0 Å². The Morgan fingerprint density at radius 1 is 1.06 bits per heavy atom. The number of hydrogen-bond donors (Lipinski definition) is 0. The number of hydrogen-bond acceptors (Lipinski definition) is 6. The van der Waals surface area contributed by atoms with Crippen molar-refractivity contribution in [3.63, 3.8) is 0 Å². The maximum Gasteiger partial charge on any atom is 0.223 e. The van der Waals surface area contributed by atoms with E-state index in [0.717, 1.165) is 56.1 Å². The number of aromatic nitrogens is 3. The summed E-state index contributed by atoms with van der Waals surface area (Å²) >= 11 is 0. The van der Waals surface area contributed by atoms with E-state index >= 15 is 0 Å². The van der Waals surface area contributed by atoms with Crippen LogP contribution in [0.25, 0.3) is 0 Å². The Labute approximate surface area is 184 Å². The third kappa shape index (κ3) is 6.86. The van der Waals surface area contributed by atoms with Gasteiger partial charge in [-0.25, -0.2) is 0 Å². The zero-order valence-electron chi connectivity index (χ0n) is 18.4. The van der Waals surface area contributed by atoms with E-state index in [4.69, 9.17) is 9.15 Å². The monoisotopic (exact) mass is 426 g/mol. The minimum Gasteiger partial charge on any atom is -0.425 e. The number of likely N-dealkylation sites (tertiary alicyclic amines) is 1. The molecule has 31 heavy (non-hydrogen) atoms. The number of pyridine rings is 1. The first kappa shape index (κ1) is 21.9. The minimum atomic E-state index is 0.160. The molecule has 168 valence electrons. The van der Waals surface area contributed by atoms with Crippen LogP contribution in [0.3, 0.4) is 0 Å². The Kier molecular flexibility index (Phi) is 8.04. The summed E-state index contributed by atoms with van der Waals surface area (Å²) in [7, 11) is 0. The van der Waals surface area contributed by atoms with Gasteiger partial charge in [-0.1, -0.05) is 38.2 Å². The van der Waals surface area contributed by atoms with Crippen molar-refractivity contribution in [1.82, 2.24) is 20.1 Å². The van der Waals surface area contributed by atoms with E-state index in [2.05, 4.69) is 15.2 Å². The van der Waals surface area contributed by atoms with Crippen LogP contribution >= 0.6 is 0 Å². The predicted octanol–water partition coefficient (Wildman–Crippen LogP) is 4.12. The summed E-state index contributed by atoms with van der Waals surface area (Å²) in [6.07, 6.45) is 15.2. The van der Waals surface area contributed by atoms with Crippen LogP contribution in [-0.2, 0) is 29.0 Å². The van der Waals surface area contributed by atoms with Gasteiger partial charge in [0, 0.05) is 44.7 Å². The SMILES string of the molecule is O=C(CCc1nnc(CCC2CCCCC2)o1)N1CCC(OCc2cccnc2)CC1. The molecule has 2 aliphatic rings. The Bertz CT molecular complexity index is 796. The highest BCUT2D eigenvalue weighted by Crippen LogP contribution is 2.27. The zero-order chi connectivity index (χ0) is 21.3. The fraction of sp³-hybridized carbons (Fsp3) is 0.667. The Morgan fingerprint density at radius 3 is 2.58 bits per heavy atom. The van der Waals surface area contributed by atoms with Gasteiger partial charge in [0.1, 0.15) is 0 Å². The number of aryl methyl sites for hydroxylation is 2. The summed E-state index contributed by atoms with van der Waals surface area (Å²) in [5.41, 5.74) is 1.08. The molecule has 0 bridgehead atoms. The molecule has 2 aromatic heterocycles. The first-order valence-electron chi connectivity index (χ1n) is 11.9. The molecule has 7 nitrogen and oxygen atoms in total.